The van der Waals surface area contributed by atoms with Gasteiger partial charge in [0, 0.05) is 27.4 Å². The van der Waals surface area contributed by atoms with Crippen molar-refractivity contribution in [2.45, 2.75) is 6.54 Å². The van der Waals surface area contributed by atoms with Crippen LogP contribution in [0, 0.1) is 3.57 Å². The van der Waals surface area contributed by atoms with Crippen molar-refractivity contribution in [1.29, 1.82) is 0 Å². The van der Waals surface area contributed by atoms with Crippen molar-refractivity contribution < 1.29 is 4.74 Å². The molecule has 1 saturated heterocycles. The molecule has 0 bridgehead atoms. The molecule has 8 nitrogen and oxygen atoms in total. The maximum atomic E-state index is 5.97. The van der Waals surface area contributed by atoms with Crippen LogP contribution >= 0.6 is 34.2 Å². The summed E-state index contributed by atoms with van der Waals surface area (Å²) in [5, 5.41) is 12.4. The quantitative estimate of drug-likeness (QED) is 0.353. The van der Waals surface area contributed by atoms with Gasteiger partial charge in [-0.25, -0.2) is 0 Å². The third-order valence-corrected chi connectivity index (χ3v) is 5.23. The number of azo groups is 1. The molecule has 1 aromatic heterocycles. The molecular formula is C20H19ClIN7O. The molecule has 30 heavy (non-hydrogen) atoms. The first-order chi connectivity index (χ1) is 14.7. The first-order valence-corrected chi connectivity index (χ1v) is 10.8. The van der Waals surface area contributed by atoms with Crippen molar-refractivity contribution in [3.63, 3.8) is 0 Å². The summed E-state index contributed by atoms with van der Waals surface area (Å²) in [7, 11) is 0. The molecule has 0 amide bonds. The normalized spacial score (nSPS) is 14.3. The standard InChI is InChI=1S/C20H19ClIN7O/c21-15-4-6-17(7-5-15)24-18-25-19(27-20(26-18)29-8-10-30-11-9-29)28-23-13-14-2-1-3-16(22)12-14/h1-7,12H,8-11,13H2,(H,24,25,26,27). The highest BCUT2D eigenvalue weighted by Gasteiger charge is 2.16. The zero-order valence-electron chi connectivity index (χ0n) is 16.0. The maximum absolute atomic E-state index is 5.97. The van der Waals surface area contributed by atoms with Gasteiger partial charge in [-0.3, -0.25) is 0 Å². The third kappa shape index (κ3) is 5.83. The Morgan fingerprint density at radius 2 is 1.87 bits per heavy atom. The average molecular weight is 536 g/mol. The van der Waals surface area contributed by atoms with E-state index in [0.717, 1.165) is 14.8 Å². The van der Waals surface area contributed by atoms with Crippen LogP contribution in [0.3, 0.4) is 0 Å². The van der Waals surface area contributed by atoms with Crippen LogP contribution in [0.4, 0.5) is 23.5 Å². The van der Waals surface area contributed by atoms with E-state index in [1.165, 1.54) is 0 Å². The Labute approximate surface area is 192 Å². The molecule has 0 aliphatic carbocycles. The number of nitrogens with one attached hydrogen (secondary N) is 1. The molecule has 1 fully saturated rings. The Hall–Kier alpha value is -2.37. The van der Waals surface area contributed by atoms with Crippen LogP contribution in [0.1, 0.15) is 5.56 Å². The molecule has 3 aromatic rings. The van der Waals surface area contributed by atoms with Crippen molar-refractivity contribution in [1.82, 2.24) is 15.0 Å². The number of nitrogens with zero attached hydrogens (tertiary/aromatic N) is 6. The summed E-state index contributed by atoms with van der Waals surface area (Å²) in [5.74, 6) is 1.21. The minimum Gasteiger partial charge on any atom is -0.378 e. The molecule has 1 aliphatic heterocycles. The van der Waals surface area contributed by atoms with E-state index in [2.05, 4.69) is 64.1 Å². The Kier molecular flexibility index (Phi) is 7.03. The zero-order valence-corrected chi connectivity index (χ0v) is 18.9. The van der Waals surface area contributed by atoms with E-state index in [1.54, 1.807) is 12.1 Å². The van der Waals surface area contributed by atoms with Gasteiger partial charge in [-0.2, -0.15) is 20.1 Å². The fourth-order valence-electron chi connectivity index (χ4n) is 2.84. The van der Waals surface area contributed by atoms with E-state index >= 15 is 0 Å². The van der Waals surface area contributed by atoms with Crippen LogP contribution < -0.4 is 10.2 Å². The molecule has 0 spiro atoms. The van der Waals surface area contributed by atoms with Crippen molar-refractivity contribution in [2.75, 3.05) is 36.5 Å². The van der Waals surface area contributed by atoms with Crippen LogP contribution in [0.5, 0.6) is 0 Å². The van der Waals surface area contributed by atoms with E-state index in [9.17, 15) is 0 Å². The Morgan fingerprint density at radius 1 is 1.07 bits per heavy atom. The number of hydrogen-bond donors (Lipinski definition) is 1. The number of benzene rings is 2. The number of rotatable bonds is 6. The molecule has 4 rings (SSSR count). The average Bonchev–Trinajstić information content (AvgIpc) is 2.76. The first kappa shape index (κ1) is 20.9. The number of aromatic nitrogens is 3. The van der Waals surface area contributed by atoms with E-state index in [4.69, 9.17) is 16.3 Å². The number of ether oxygens (including phenoxy) is 1. The smallest absolute Gasteiger partial charge is 0.275 e. The van der Waals surface area contributed by atoms with E-state index in [1.807, 2.05) is 30.3 Å². The molecule has 0 atom stereocenters. The summed E-state index contributed by atoms with van der Waals surface area (Å²) < 4.78 is 6.59. The fourth-order valence-corrected chi connectivity index (χ4v) is 3.57. The minimum absolute atomic E-state index is 0.258. The van der Waals surface area contributed by atoms with Gasteiger partial charge in [0.05, 0.1) is 19.8 Å². The Balaban J connectivity index is 1.57. The number of hydrogen-bond acceptors (Lipinski definition) is 8. The molecular weight excluding hydrogens is 517 g/mol. The molecule has 0 unspecified atom stereocenters. The minimum atomic E-state index is 0.258. The van der Waals surface area contributed by atoms with E-state index in [-0.39, 0.29) is 5.95 Å². The van der Waals surface area contributed by atoms with Crippen molar-refractivity contribution in [3.05, 3.63) is 62.7 Å². The summed E-state index contributed by atoms with van der Waals surface area (Å²) in [6.07, 6.45) is 0. The van der Waals surface area contributed by atoms with Crippen molar-refractivity contribution in [3.8, 4) is 0 Å². The van der Waals surface area contributed by atoms with Gasteiger partial charge in [0.25, 0.3) is 5.95 Å². The molecule has 1 aliphatic rings. The lowest BCUT2D eigenvalue weighted by Crippen LogP contribution is -2.37. The molecule has 2 aromatic carbocycles. The zero-order chi connectivity index (χ0) is 20.8. The number of anilines is 3. The van der Waals surface area contributed by atoms with Gasteiger partial charge in [-0.05, 0) is 64.6 Å². The highest BCUT2D eigenvalue weighted by atomic mass is 127. The Morgan fingerprint density at radius 3 is 2.63 bits per heavy atom. The van der Waals surface area contributed by atoms with Crippen LogP contribution in [-0.2, 0) is 11.3 Å². The largest absolute Gasteiger partial charge is 0.378 e. The lowest BCUT2D eigenvalue weighted by atomic mass is 10.2. The monoisotopic (exact) mass is 535 g/mol. The summed E-state index contributed by atoms with van der Waals surface area (Å²) in [6, 6.07) is 15.4. The fraction of sp³-hybridized carbons (Fsp3) is 0.250. The van der Waals surface area contributed by atoms with Crippen LogP contribution in [0.25, 0.3) is 0 Å². The second-order valence-corrected chi connectivity index (χ2v) is 8.20. The first-order valence-electron chi connectivity index (χ1n) is 9.39. The lowest BCUT2D eigenvalue weighted by Gasteiger charge is -2.26. The molecule has 10 heteroatoms. The van der Waals surface area contributed by atoms with Crippen molar-refractivity contribution in [2.24, 2.45) is 10.2 Å². The molecule has 2 heterocycles. The van der Waals surface area contributed by atoms with Crippen molar-refractivity contribution >= 4 is 57.7 Å². The highest BCUT2D eigenvalue weighted by Crippen LogP contribution is 2.21. The second kappa shape index (κ2) is 10.1. The Bertz CT molecular complexity index is 1030. The third-order valence-electron chi connectivity index (χ3n) is 4.31. The highest BCUT2D eigenvalue weighted by molar-refractivity contribution is 14.1. The summed E-state index contributed by atoms with van der Waals surface area (Å²) >= 11 is 8.25. The van der Waals surface area contributed by atoms with Crippen LogP contribution in [-0.4, -0.2) is 41.3 Å². The molecule has 0 saturated carbocycles. The topological polar surface area (TPSA) is 87.9 Å². The molecule has 1 N–H and O–H groups in total. The molecule has 0 radical (unpaired) electrons. The number of halogens is 2. The van der Waals surface area contributed by atoms with Crippen LogP contribution in [0.2, 0.25) is 5.02 Å². The van der Waals surface area contributed by atoms with Gasteiger partial charge in [-0.15, -0.1) is 5.11 Å². The van der Waals surface area contributed by atoms with Gasteiger partial charge in [0.15, 0.2) is 0 Å². The summed E-state index contributed by atoms with van der Waals surface area (Å²) in [6.45, 7) is 3.15. The van der Waals surface area contributed by atoms with E-state index < -0.39 is 0 Å². The maximum Gasteiger partial charge on any atom is 0.275 e. The van der Waals surface area contributed by atoms with Gasteiger partial charge in [0.2, 0.25) is 11.9 Å². The van der Waals surface area contributed by atoms with Gasteiger partial charge in [-0.1, -0.05) is 23.7 Å². The van der Waals surface area contributed by atoms with Gasteiger partial charge in [0.1, 0.15) is 0 Å². The summed E-state index contributed by atoms with van der Waals surface area (Å²) in [5.41, 5.74) is 1.90. The van der Waals surface area contributed by atoms with Gasteiger partial charge < -0.3 is 15.0 Å². The SMILES string of the molecule is Clc1ccc(Nc2nc(N=NCc3cccc(I)c3)nc(N3CCOCC3)n2)cc1. The van der Waals surface area contributed by atoms with E-state index in [0.29, 0.717) is 49.8 Å². The lowest BCUT2D eigenvalue weighted by molar-refractivity contribution is 0.122. The predicted molar refractivity (Wildman–Crippen MR) is 125 cm³/mol. The molecule has 154 valence electrons. The number of morpholine rings is 1. The second-order valence-electron chi connectivity index (χ2n) is 6.52. The van der Waals surface area contributed by atoms with Crippen LogP contribution in [0.15, 0.2) is 58.8 Å². The predicted octanol–water partition coefficient (Wildman–Crippen LogP) is 4.99. The summed E-state index contributed by atoms with van der Waals surface area (Å²) in [4.78, 5) is 15.5. The van der Waals surface area contributed by atoms with Gasteiger partial charge >= 0.3 is 0 Å².